The van der Waals surface area contributed by atoms with Gasteiger partial charge in [0.1, 0.15) is 0 Å². The van der Waals surface area contributed by atoms with Gasteiger partial charge in [-0.2, -0.15) is 0 Å². The SMILES string of the molecule is CC(C)C1COCCN1C(=O)[C@H]1CC[C@H](NS(=O)(=O)c2ccc3cc(-c4ccc(CCC(=O)O)cc4)n(C)c3c2)CC1. The molecule has 42 heavy (non-hydrogen) atoms. The van der Waals surface area contributed by atoms with Crippen molar-refractivity contribution in [1.29, 1.82) is 0 Å². The largest absolute Gasteiger partial charge is 0.481 e. The number of carboxylic acid groups (broad SMARTS) is 1. The Balaban J connectivity index is 1.24. The lowest BCUT2D eigenvalue weighted by Gasteiger charge is -2.41. The molecule has 1 unspecified atom stereocenters. The van der Waals surface area contributed by atoms with Crippen molar-refractivity contribution >= 4 is 32.8 Å². The maximum atomic E-state index is 13.4. The minimum absolute atomic E-state index is 0.0746. The number of carboxylic acids is 1. The molecule has 10 heteroatoms. The van der Waals surface area contributed by atoms with E-state index < -0.39 is 16.0 Å². The molecule has 1 saturated carbocycles. The van der Waals surface area contributed by atoms with Crippen LogP contribution in [0.2, 0.25) is 0 Å². The summed E-state index contributed by atoms with van der Waals surface area (Å²) in [6.45, 7) is 5.99. The van der Waals surface area contributed by atoms with Gasteiger partial charge in [0.25, 0.3) is 0 Å². The number of hydrogen-bond donors (Lipinski definition) is 2. The normalized spacial score (nSPS) is 21.6. The monoisotopic (exact) mass is 595 g/mol. The van der Waals surface area contributed by atoms with E-state index in [-0.39, 0.29) is 35.2 Å². The standard InChI is InChI=1S/C32H41N3O6S/c1-21(2)30-20-41-17-16-35(30)32(38)24-9-12-26(13-10-24)33-42(39,40)27-14-11-25-18-28(34(3)29(25)19-27)23-7-4-22(5-8-23)6-15-31(36)37/h4-5,7-8,11,14,18-19,21,24,26,30,33H,6,9-10,12-13,15-17,20H2,1-3H3,(H,36,37)/t24-,26-,30?. The topological polar surface area (TPSA) is 118 Å². The third-order valence-corrected chi connectivity index (χ3v) is 10.3. The Hall–Kier alpha value is -3.21. The summed E-state index contributed by atoms with van der Waals surface area (Å²) in [5, 5.41) is 9.86. The number of benzene rings is 2. The fourth-order valence-corrected chi connectivity index (χ4v) is 7.60. The van der Waals surface area contributed by atoms with Crippen LogP contribution in [0.4, 0.5) is 0 Å². The molecule has 1 amide bonds. The second kappa shape index (κ2) is 12.6. The second-order valence-corrected chi connectivity index (χ2v) is 13.7. The van der Waals surface area contributed by atoms with Gasteiger partial charge in [-0.15, -0.1) is 0 Å². The van der Waals surface area contributed by atoms with Gasteiger partial charge in [0, 0.05) is 48.6 Å². The van der Waals surface area contributed by atoms with Crippen LogP contribution >= 0.6 is 0 Å². The summed E-state index contributed by atoms with van der Waals surface area (Å²) in [5.41, 5.74) is 3.68. The van der Waals surface area contributed by atoms with Crippen molar-refractivity contribution in [1.82, 2.24) is 14.2 Å². The fraction of sp³-hybridized carbons (Fsp3) is 0.500. The van der Waals surface area contributed by atoms with E-state index >= 15 is 0 Å². The van der Waals surface area contributed by atoms with Gasteiger partial charge >= 0.3 is 5.97 Å². The third-order valence-electron chi connectivity index (χ3n) is 8.82. The lowest BCUT2D eigenvalue weighted by molar-refractivity contribution is -0.147. The Morgan fingerprint density at radius 2 is 1.76 bits per heavy atom. The number of carbonyl (C=O) groups is 2. The highest BCUT2D eigenvalue weighted by atomic mass is 32.2. The third kappa shape index (κ3) is 6.55. The molecular formula is C32H41N3O6S. The van der Waals surface area contributed by atoms with Crippen molar-refractivity contribution in [3.8, 4) is 11.3 Å². The van der Waals surface area contributed by atoms with Crippen LogP contribution in [0.1, 0.15) is 51.5 Å². The van der Waals surface area contributed by atoms with Crippen LogP contribution in [0.3, 0.4) is 0 Å². The molecule has 3 aromatic rings. The van der Waals surface area contributed by atoms with Crippen LogP contribution in [0.25, 0.3) is 22.2 Å². The zero-order valence-corrected chi connectivity index (χ0v) is 25.4. The number of rotatable bonds is 9. The number of aliphatic carboxylic acids is 1. The van der Waals surface area contributed by atoms with Gasteiger partial charge in [-0.25, -0.2) is 13.1 Å². The highest BCUT2D eigenvalue weighted by Gasteiger charge is 2.36. The molecule has 1 aliphatic carbocycles. The highest BCUT2D eigenvalue weighted by Crippen LogP contribution is 2.31. The van der Waals surface area contributed by atoms with E-state index in [0.717, 1.165) is 27.7 Å². The van der Waals surface area contributed by atoms with Crippen molar-refractivity contribution < 1.29 is 27.9 Å². The van der Waals surface area contributed by atoms with Gasteiger partial charge in [-0.05, 0) is 67.3 Å². The molecular weight excluding hydrogens is 554 g/mol. The number of amides is 1. The van der Waals surface area contributed by atoms with Gasteiger partial charge in [0.05, 0.1) is 24.2 Å². The lowest BCUT2D eigenvalue weighted by Crippen LogP contribution is -2.53. The summed E-state index contributed by atoms with van der Waals surface area (Å²) in [6, 6.07) is 14.9. The van der Waals surface area contributed by atoms with E-state index in [9.17, 15) is 18.0 Å². The van der Waals surface area contributed by atoms with Gasteiger partial charge < -0.3 is 19.3 Å². The summed E-state index contributed by atoms with van der Waals surface area (Å²) >= 11 is 0. The smallest absolute Gasteiger partial charge is 0.303 e. The summed E-state index contributed by atoms with van der Waals surface area (Å²) in [6.07, 6.45) is 3.17. The van der Waals surface area contributed by atoms with Crippen LogP contribution in [0, 0.1) is 11.8 Å². The van der Waals surface area contributed by atoms with E-state index in [2.05, 4.69) is 18.6 Å². The van der Waals surface area contributed by atoms with E-state index in [1.165, 1.54) is 0 Å². The average molecular weight is 596 g/mol. The van der Waals surface area contributed by atoms with Crippen molar-refractivity contribution in [2.24, 2.45) is 18.9 Å². The summed E-state index contributed by atoms with van der Waals surface area (Å²) < 4.78 is 37.3. The molecule has 2 fully saturated rings. The Kier molecular flexibility index (Phi) is 9.05. The van der Waals surface area contributed by atoms with Crippen LogP contribution in [0.15, 0.2) is 53.4 Å². The van der Waals surface area contributed by atoms with E-state index in [0.29, 0.717) is 57.8 Å². The number of aromatic nitrogens is 1. The Morgan fingerprint density at radius 1 is 1.05 bits per heavy atom. The molecule has 2 aliphatic rings. The molecule has 5 rings (SSSR count). The Morgan fingerprint density at radius 3 is 2.43 bits per heavy atom. The van der Waals surface area contributed by atoms with Gasteiger partial charge in [0.15, 0.2) is 0 Å². The van der Waals surface area contributed by atoms with Crippen molar-refractivity contribution in [3.05, 3.63) is 54.1 Å². The molecule has 2 heterocycles. The zero-order chi connectivity index (χ0) is 30.0. The first-order chi connectivity index (χ1) is 20.0. The van der Waals surface area contributed by atoms with E-state index in [1.54, 1.807) is 12.1 Å². The maximum Gasteiger partial charge on any atom is 0.303 e. The highest BCUT2D eigenvalue weighted by molar-refractivity contribution is 7.89. The van der Waals surface area contributed by atoms with Gasteiger partial charge in [-0.1, -0.05) is 44.2 Å². The second-order valence-electron chi connectivity index (χ2n) is 12.0. The number of ether oxygens (including phenoxy) is 1. The number of fused-ring (bicyclic) bond motifs is 1. The maximum absolute atomic E-state index is 13.4. The summed E-state index contributed by atoms with van der Waals surface area (Å²) in [4.78, 5) is 26.4. The molecule has 1 saturated heterocycles. The Labute approximate surface area is 247 Å². The van der Waals surface area contributed by atoms with Gasteiger partial charge in [0.2, 0.25) is 15.9 Å². The molecule has 1 aliphatic heterocycles. The van der Waals surface area contributed by atoms with Crippen molar-refractivity contribution in [2.75, 3.05) is 19.8 Å². The summed E-state index contributed by atoms with van der Waals surface area (Å²) in [5.74, 6) is -0.391. The van der Waals surface area contributed by atoms with Crippen LogP contribution < -0.4 is 4.72 Å². The summed E-state index contributed by atoms with van der Waals surface area (Å²) in [7, 11) is -1.83. The number of morpholine rings is 1. The molecule has 226 valence electrons. The molecule has 0 radical (unpaired) electrons. The molecule has 9 nitrogen and oxygen atoms in total. The molecule has 2 aromatic carbocycles. The predicted octanol–water partition coefficient (Wildman–Crippen LogP) is 4.58. The molecule has 1 aromatic heterocycles. The minimum Gasteiger partial charge on any atom is -0.481 e. The van der Waals surface area contributed by atoms with Crippen LogP contribution in [-0.4, -0.2) is 66.7 Å². The Bertz CT molecular complexity index is 1540. The number of sulfonamides is 1. The van der Waals surface area contributed by atoms with Crippen molar-refractivity contribution in [3.63, 3.8) is 0 Å². The number of aryl methyl sites for hydroxylation is 2. The van der Waals surface area contributed by atoms with Crippen LogP contribution in [0.5, 0.6) is 0 Å². The zero-order valence-electron chi connectivity index (χ0n) is 24.6. The first-order valence-electron chi connectivity index (χ1n) is 14.8. The fourth-order valence-electron chi connectivity index (χ4n) is 6.28. The lowest BCUT2D eigenvalue weighted by atomic mass is 9.85. The van der Waals surface area contributed by atoms with E-state index in [4.69, 9.17) is 9.84 Å². The predicted molar refractivity (Wildman–Crippen MR) is 162 cm³/mol. The van der Waals surface area contributed by atoms with Gasteiger partial charge in [-0.3, -0.25) is 9.59 Å². The van der Waals surface area contributed by atoms with Crippen LogP contribution in [-0.2, 0) is 37.8 Å². The van der Waals surface area contributed by atoms with Crippen molar-refractivity contribution in [2.45, 2.75) is 69.4 Å². The average Bonchev–Trinajstić information content (AvgIpc) is 3.31. The number of nitrogens with zero attached hydrogens (tertiary/aromatic N) is 2. The number of carbonyl (C=O) groups excluding carboxylic acids is 1. The quantitative estimate of drug-likeness (QED) is 0.374. The molecule has 0 spiro atoms. The molecule has 1 atom stereocenters. The first-order valence-corrected chi connectivity index (χ1v) is 16.3. The minimum atomic E-state index is -3.74. The number of nitrogens with one attached hydrogen (secondary N) is 1. The number of hydrogen-bond acceptors (Lipinski definition) is 5. The molecule has 2 N–H and O–H groups in total. The first kappa shape index (κ1) is 30.3. The van der Waals surface area contributed by atoms with E-state index in [1.807, 2.05) is 52.9 Å². The molecule has 0 bridgehead atoms.